The van der Waals surface area contributed by atoms with E-state index in [9.17, 15) is 4.79 Å². The van der Waals surface area contributed by atoms with Crippen molar-refractivity contribution in [2.24, 2.45) is 17.6 Å². The Balaban J connectivity index is 2.44. The van der Waals surface area contributed by atoms with Gasteiger partial charge in [-0.2, -0.15) is 0 Å². The Morgan fingerprint density at radius 3 is 2.83 bits per heavy atom. The summed E-state index contributed by atoms with van der Waals surface area (Å²) in [4.78, 5) is 14.0. The van der Waals surface area contributed by atoms with E-state index in [0.29, 0.717) is 44.1 Å². The van der Waals surface area contributed by atoms with E-state index in [1.807, 2.05) is 0 Å². The summed E-state index contributed by atoms with van der Waals surface area (Å²) in [5.74, 6) is 1.26. The number of hydrogen-bond donors (Lipinski definition) is 2. The SMILES string of the molecule is COCCNC(=O)CN1CC(C)CC(C)C1CN. The average molecular weight is 257 g/mol. The van der Waals surface area contributed by atoms with Crippen molar-refractivity contribution in [3.8, 4) is 0 Å². The van der Waals surface area contributed by atoms with E-state index in [4.69, 9.17) is 10.5 Å². The monoisotopic (exact) mass is 257 g/mol. The van der Waals surface area contributed by atoms with Gasteiger partial charge >= 0.3 is 0 Å². The Labute approximate surface area is 110 Å². The third-order valence-electron chi connectivity index (χ3n) is 3.66. The molecule has 3 atom stereocenters. The summed E-state index contributed by atoms with van der Waals surface area (Å²) in [7, 11) is 1.63. The van der Waals surface area contributed by atoms with Gasteiger partial charge in [-0.1, -0.05) is 13.8 Å². The molecule has 0 radical (unpaired) electrons. The minimum Gasteiger partial charge on any atom is -0.383 e. The van der Waals surface area contributed by atoms with Gasteiger partial charge in [-0.3, -0.25) is 9.69 Å². The molecule has 5 nitrogen and oxygen atoms in total. The van der Waals surface area contributed by atoms with Gasteiger partial charge in [-0.25, -0.2) is 0 Å². The fourth-order valence-corrected chi connectivity index (χ4v) is 2.86. The van der Waals surface area contributed by atoms with Gasteiger partial charge in [-0.15, -0.1) is 0 Å². The standard InChI is InChI=1S/C13H27N3O2/c1-10-6-11(2)12(7-14)16(8-10)9-13(17)15-4-5-18-3/h10-12H,4-9,14H2,1-3H3,(H,15,17). The van der Waals surface area contributed by atoms with Crippen molar-refractivity contribution in [1.82, 2.24) is 10.2 Å². The second-order valence-corrected chi connectivity index (χ2v) is 5.39. The molecule has 3 N–H and O–H groups in total. The van der Waals surface area contributed by atoms with Crippen LogP contribution in [0.5, 0.6) is 0 Å². The molecule has 1 fully saturated rings. The van der Waals surface area contributed by atoms with Crippen LogP contribution in [0.15, 0.2) is 0 Å². The third-order valence-corrected chi connectivity index (χ3v) is 3.66. The molecule has 0 aromatic heterocycles. The number of hydrogen-bond acceptors (Lipinski definition) is 4. The molecule has 1 amide bonds. The molecule has 0 aromatic carbocycles. The first-order chi connectivity index (χ1) is 8.58. The molecule has 106 valence electrons. The molecule has 0 saturated carbocycles. The summed E-state index contributed by atoms with van der Waals surface area (Å²) in [6.07, 6.45) is 1.20. The van der Waals surface area contributed by atoms with E-state index in [2.05, 4.69) is 24.1 Å². The molecule has 5 heteroatoms. The maximum atomic E-state index is 11.8. The number of ether oxygens (including phenoxy) is 1. The zero-order valence-corrected chi connectivity index (χ0v) is 11.8. The maximum Gasteiger partial charge on any atom is 0.234 e. The van der Waals surface area contributed by atoms with Crippen LogP contribution in [0.1, 0.15) is 20.3 Å². The van der Waals surface area contributed by atoms with E-state index in [-0.39, 0.29) is 5.91 Å². The van der Waals surface area contributed by atoms with E-state index in [0.717, 1.165) is 6.54 Å². The Hall–Kier alpha value is -0.650. The van der Waals surface area contributed by atoms with E-state index in [1.165, 1.54) is 6.42 Å². The molecule has 1 aliphatic heterocycles. The molecular weight excluding hydrogens is 230 g/mol. The molecule has 1 heterocycles. The van der Waals surface area contributed by atoms with Crippen molar-refractivity contribution in [3.63, 3.8) is 0 Å². The molecule has 0 aliphatic carbocycles. The van der Waals surface area contributed by atoms with E-state index >= 15 is 0 Å². The number of amides is 1. The van der Waals surface area contributed by atoms with Gasteiger partial charge in [0.1, 0.15) is 0 Å². The third kappa shape index (κ3) is 4.55. The highest BCUT2D eigenvalue weighted by Crippen LogP contribution is 2.26. The lowest BCUT2D eigenvalue weighted by atomic mass is 9.85. The summed E-state index contributed by atoms with van der Waals surface area (Å²) in [5, 5.41) is 2.86. The number of carbonyl (C=O) groups excluding carboxylic acids is 1. The van der Waals surface area contributed by atoms with Gasteiger partial charge in [0.15, 0.2) is 0 Å². The average Bonchev–Trinajstić information content (AvgIpc) is 2.28. The first-order valence-electron chi connectivity index (χ1n) is 6.78. The number of nitrogens with zero attached hydrogens (tertiary/aromatic N) is 1. The summed E-state index contributed by atoms with van der Waals surface area (Å²) < 4.78 is 4.91. The fourth-order valence-electron chi connectivity index (χ4n) is 2.86. The van der Waals surface area contributed by atoms with Crippen LogP contribution < -0.4 is 11.1 Å². The number of carbonyl (C=O) groups is 1. The van der Waals surface area contributed by atoms with Gasteiger partial charge in [0, 0.05) is 32.8 Å². The highest BCUT2D eigenvalue weighted by Gasteiger charge is 2.31. The van der Waals surface area contributed by atoms with Crippen LogP contribution in [-0.2, 0) is 9.53 Å². The van der Waals surface area contributed by atoms with Crippen LogP contribution in [0, 0.1) is 11.8 Å². The minimum atomic E-state index is 0.0619. The van der Waals surface area contributed by atoms with Crippen LogP contribution in [-0.4, -0.2) is 56.7 Å². The molecule has 1 rings (SSSR count). The lowest BCUT2D eigenvalue weighted by Crippen LogP contribution is -2.54. The molecular formula is C13H27N3O2. The normalized spacial score (nSPS) is 29.2. The molecule has 1 aliphatic rings. The predicted octanol–water partition coefficient (Wildman–Crippen LogP) is 0.0542. The van der Waals surface area contributed by atoms with Crippen molar-refractivity contribution >= 4 is 5.91 Å². The number of rotatable bonds is 6. The number of likely N-dealkylation sites (tertiary alicyclic amines) is 1. The van der Waals surface area contributed by atoms with E-state index in [1.54, 1.807) is 7.11 Å². The molecule has 3 unspecified atom stereocenters. The number of nitrogens with two attached hydrogens (primary N) is 1. The molecule has 0 spiro atoms. The highest BCUT2D eigenvalue weighted by molar-refractivity contribution is 5.78. The largest absolute Gasteiger partial charge is 0.383 e. The zero-order valence-electron chi connectivity index (χ0n) is 11.8. The molecule has 1 saturated heterocycles. The van der Waals surface area contributed by atoms with Crippen molar-refractivity contribution < 1.29 is 9.53 Å². The maximum absolute atomic E-state index is 11.8. The van der Waals surface area contributed by atoms with Gasteiger partial charge in [0.2, 0.25) is 5.91 Å². The lowest BCUT2D eigenvalue weighted by Gasteiger charge is -2.42. The van der Waals surface area contributed by atoms with Gasteiger partial charge in [0.05, 0.1) is 13.2 Å². The minimum absolute atomic E-state index is 0.0619. The Morgan fingerprint density at radius 1 is 1.50 bits per heavy atom. The van der Waals surface area contributed by atoms with Crippen LogP contribution in [0.25, 0.3) is 0 Å². The van der Waals surface area contributed by atoms with Gasteiger partial charge in [-0.05, 0) is 18.3 Å². The predicted molar refractivity (Wildman–Crippen MR) is 72.2 cm³/mol. The summed E-state index contributed by atoms with van der Waals surface area (Å²) in [5.41, 5.74) is 5.83. The van der Waals surface area contributed by atoms with Crippen molar-refractivity contribution in [2.75, 3.05) is 39.9 Å². The van der Waals surface area contributed by atoms with Crippen molar-refractivity contribution in [1.29, 1.82) is 0 Å². The molecule has 0 aromatic rings. The number of methoxy groups -OCH3 is 1. The Bertz CT molecular complexity index is 261. The van der Waals surface area contributed by atoms with Crippen LogP contribution in [0.4, 0.5) is 0 Å². The van der Waals surface area contributed by atoms with Gasteiger partial charge in [0.25, 0.3) is 0 Å². The van der Waals surface area contributed by atoms with Crippen molar-refractivity contribution in [3.05, 3.63) is 0 Å². The molecule has 0 bridgehead atoms. The highest BCUT2D eigenvalue weighted by atomic mass is 16.5. The quantitative estimate of drug-likeness (QED) is 0.660. The van der Waals surface area contributed by atoms with Crippen LogP contribution in [0.2, 0.25) is 0 Å². The summed E-state index contributed by atoms with van der Waals surface area (Å²) in [6, 6.07) is 0.328. The van der Waals surface area contributed by atoms with E-state index < -0.39 is 0 Å². The first kappa shape index (κ1) is 15.4. The zero-order chi connectivity index (χ0) is 13.5. The van der Waals surface area contributed by atoms with Gasteiger partial charge < -0.3 is 15.8 Å². The summed E-state index contributed by atoms with van der Waals surface area (Å²) in [6.45, 7) is 7.62. The Morgan fingerprint density at radius 2 is 2.22 bits per heavy atom. The second kappa shape index (κ2) is 7.71. The number of piperidine rings is 1. The first-order valence-corrected chi connectivity index (χ1v) is 6.78. The molecule has 18 heavy (non-hydrogen) atoms. The Kier molecular flexibility index (Phi) is 6.60. The topological polar surface area (TPSA) is 67.6 Å². The second-order valence-electron chi connectivity index (χ2n) is 5.39. The summed E-state index contributed by atoms with van der Waals surface area (Å²) >= 11 is 0. The number of nitrogens with one attached hydrogen (secondary N) is 1. The van der Waals surface area contributed by atoms with Crippen LogP contribution >= 0.6 is 0 Å². The fraction of sp³-hybridized carbons (Fsp3) is 0.923. The van der Waals surface area contributed by atoms with Crippen molar-refractivity contribution in [2.45, 2.75) is 26.3 Å². The van der Waals surface area contributed by atoms with Crippen LogP contribution in [0.3, 0.4) is 0 Å². The smallest absolute Gasteiger partial charge is 0.234 e. The lowest BCUT2D eigenvalue weighted by molar-refractivity contribution is -0.124.